The number of aromatic nitrogens is 5. The number of para-hydroxylation sites is 1. The first kappa shape index (κ1) is 30.5. The SMILES string of the molecule is C=S(=O)(C(C)C)n1nc(C)c(-c2cc3cnc(Nc4ccc(N5CCNC(C)C5)c(F)c4)nc3n(-c3ccccc3)c2=O)c1C. The van der Waals surface area contributed by atoms with E-state index in [0.29, 0.717) is 50.6 Å². The molecule has 0 amide bonds. The van der Waals surface area contributed by atoms with Crippen LogP contribution in [-0.2, 0) is 9.71 Å². The summed E-state index contributed by atoms with van der Waals surface area (Å²) in [5.41, 5.74) is 3.87. The van der Waals surface area contributed by atoms with Gasteiger partial charge in [0.2, 0.25) is 5.95 Å². The summed E-state index contributed by atoms with van der Waals surface area (Å²) in [5, 5.41) is 11.4. The molecule has 0 saturated carbocycles. The molecule has 1 aliphatic heterocycles. The molecule has 6 rings (SSSR count). The summed E-state index contributed by atoms with van der Waals surface area (Å²) in [6.45, 7) is 11.6. The normalized spacial score (nSPS) is 16.7. The zero-order valence-corrected chi connectivity index (χ0v) is 26.9. The van der Waals surface area contributed by atoms with Crippen molar-refractivity contribution in [3.63, 3.8) is 0 Å². The van der Waals surface area contributed by atoms with Crippen LogP contribution >= 0.6 is 0 Å². The second-order valence-electron chi connectivity index (χ2n) is 11.8. The molecule has 234 valence electrons. The molecule has 12 heteroatoms. The van der Waals surface area contributed by atoms with Crippen molar-refractivity contribution >= 4 is 43.9 Å². The first-order valence-corrected chi connectivity index (χ1v) is 16.7. The van der Waals surface area contributed by atoms with E-state index in [9.17, 15) is 9.00 Å². The lowest BCUT2D eigenvalue weighted by atomic mass is 10.0. The summed E-state index contributed by atoms with van der Waals surface area (Å²) < 4.78 is 31.7. The van der Waals surface area contributed by atoms with Crippen LogP contribution in [0.1, 0.15) is 32.2 Å². The van der Waals surface area contributed by atoms with Crippen LogP contribution in [0.25, 0.3) is 27.8 Å². The molecule has 2 aromatic carbocycles. The van der Waals surface area contributed by atoms with E-state index >= 15 is 4.39 Å². The molecule has 1 aliphatic rings. The largest absolute Gasteiger partial charge is 0.366 e. The molecule has 0 bridgehead atoms. The molecular weight excluding hydrogens is 591 g/mol. The summed E-state index contributed by atoms with van der Waals surface area (Å²) in [6.07, 6.45) is 1.63. The van der Waals surface area contributed by atoms with E-state index in [1.807, 2.05) is 49.1 Å². The van der Waals surface area contributed by atoms with Crippen LogP contribution in [0.5, 0.6) is 0 Å². The first-order valence-electron chi connectivity index (χ1n) is 14.9. The van der Waals surface area contributed by atoms with Gasteiger partial charge in [-0.05, 0) is 76.9 Å². The van der Waals surface area contributed by atoms with Crippen molar-refractivity contribution in [2.45, 2.75) is 45.9 Å². The van der Waals surface area contributed by atoms with Gasteiger partial charge < -0.3 is 15.5 Å². The highest BCUT2D eigenvalue weighted by atomic mass is 32.2. The van der Waals surface area contributed by atoms with Gasteiger partial charge in [-0.25, -0.2) is 13.6 Å². The van der Waals surface area contributed by atoms with Crippen molar-refractivity contribution in [1.29, 1.82) is 0 Å². The Kier molecular flexibility index (Phi) is 7.96. The fraction of sp³-hybridized carbons (Fsp3) is 0.303. The third-order valence-electron chi connectivity index (χ3n) is 8.22. The summed E-state index contributed by atoms with van der Waals surface area (Å²) in [6, 6.07) is 16.2. The van der Waals surface area contributed by atoms with Crippen LogP contribution < -0.4 is 21.1 Å². The number of aryl methyl sites for hydroxylation is 1. The van der Waals surface area contributed by atoms with Crippen LogP contribution in [0, 0.1) is 19.7 Å². The van der Waals surface area contributed by atoms with E-state index in [2.05, 4.69) is 33.5 Å². The molecule has 1 fully saturated rings. The number of halogens is 1. The Morgan fingerprint density at radius 2 is 1.89 bits per heavy atom. The van der Waals surface area contributed by atoms with Crippen molar-refractivity contribution in [3.05, 3.63) is 88.4 Å². The topological polar surface area (TPSA) is 110 Å². The van der Waals surface area contributed by atoms with E-state index in [1.165, 1.54) is 14.7 Å². The van der Waals surface area contributed by atoms with E-state index in [1.54, 1.807) is 38.2 Å². The number of rotatable bonds is 7. The van der Waals surface area contributed by atoms with Gasteiger partial charge in [-0.1, -0.05) is 18.2 Å². The molecular formula is C33H37FN8O2S. The average Bonchev–Trinajstić information content (AvgIpc) is 3.31. The standard InChI is InChI=1S/C33H37FN8O2S/c1-20(2)45(6,44)42-23(5)30(22(4)39-42)27-16-24-18-36-33(38-31(24)41(32(27)43)26-10-8-7-9-11-26)37-25-12-13-29(28(34)17-25)40-15-14-35-21(3)19-40/h7-13,16-18,20-21,35H,6,14-15,19H2,1-5H3,(H,36,37,38). The van der Waals surface area contributed by atoms with Gasteiger partial charge in [0.15, 0.2) is 5.65 Å². The summed E-state index contributed by atoms with van der Waals surface area (Å²) in [5.74, 6) is 3.84. The lowest BCUT2D eigenvalue weighted by Crippen LogP contribution is -2.49. The molecule has 2 unspecified atom stereocenters. The molecule has 1 saturated heterocycles. The van der Waals surface area contributed by atoms with Crippen molar-refractivity contribution in [1.82, 2.24) is 29.0 Å². The maximum atomic E-state index is 15.2. The zero-order valence-electron chi connectivity index (χ0n) is 26.0. The summed E-state index contributed by atoms with van der Waals surface area (Å²) in [4.78, 5) is 25.6. The number of piperazine rings is 1. The molecule has 4 heterocycles. The minimum Gasteiger partial charge on any atom is -0.366 e. The fourth-order valence-corrected chi connectivity index (χ4v) is 7.00. The summed E-state index contributed by atoms with van der Waals surface area (Å²) in [7, 11) is -2.75. The average molecular weight is 629 g/mol. The third kappa shape index (κ3) is 5.59. The van der Waals surface area contributed by atoms with Crippen LogP contribution in [0.3, 0.4) is 0 Å². The van der Waals surface area contributed by atoms with Crippen molar-refractivity contribution in [2.75, 3.05) is 29.9 Å². The van der Waals surface area contributed by atoms with Crippen LogP contribution in [0.2, 0.25) is 0 Å². The Morgan fingerprint density at radius 3 is 2.58 bits per heavy atom. The van der Waals surface area contributed by atoms with Crippen LogP contribution in [0.4, 0.5) is 21.7 Å². The number of anilines is 3. The molecule has 10 nitrogen and oxygen atoms in total. The minimum absolute atomic E-state index is 0.219. The number of hydrogen-bond donors (Lipinski definition) is 2. The van der Waals surface area contributed by atoms with Crippen LogP contribution in [0.15, 0.2) is 65.6 Å². The first-order chi connectivity index (χ1) is 21.5. The Labute approximate surface area is 262 Å². The number of pyridine rings is 1. The zero-order chi connectivity index (χ0) is 32.0. The van der Waals surface area contributed by atoms with Gasteiger partial charge in [0.1, 0.15) is 5.82 Å². The molecule has 5 aromatic rings. The van der Waals surface area contributed by atoms with E-state index in [-0.39, 0.29) is 28.6 Å². The van der Waals surface area contributed by atoms with Crippen molar-refractivity contribution in [2.24, 2.45) is 0 Å². The van der Waals surface area contributed by atoms with Gasteiger partial charge in [0, 0.05) is 53.8 Å². The monoisotopic (exact) mass is 628 g/mol. The highest BCUT2D eigenvalue weighted by molar-refractivity contribution is 7.99. The van der Waals surface area contributed by atoms with Gasteiger partial charge in [0.25, 0.3) is 5.56 Å². The maximum absolute atomic E-state index is 15.2. The highest BCUT2D eigenvalue weighted by Crippen LogP contribution is 2.30. The molecule has 3 aromatic heterocycles. The second-order valence-corrected chi connectivity index (χ2v) is 14.4. The van der Waals surface area contributed by atoms with E-state index in [0.717, 1.165) is 19.6 Å². The minimum atomic E-state index is -2.75. The van der Waals surface area contributed by atoms with Gasteiger partial charge in [-0.15, -0.1) is 0 Å². The Morgan fingerprint density at radius 1 is 1.13 bits per heavy atom. The predicted molar refractivity (Wildman–Crippen MR) is 181 cm³/mol. The molecule has 0 spiro atoms. The molecule has 2 atom stereocenters. The number of nitrogens with zero attached hydrogens (tertiary/aromatic N) is 6. The van der Waals surface area contributed by atoms with E-state index in [4.69, 9.17) is 4.98 Å². The van der Waals surface area contributed by atoms with Crippen LogP contribution in [-0.4, -0.2) is 64.7 Å². The molecule has 45 heavy (non-hydrogen) atoms. The smallest absolute Gasteiger partial charge is 0.264 e. The quantitative estimate of drug-likeness (QED) is 0.247. The van der Waals surface area contributed by atoms with Crippen molar-refractivity contribution in [3.8, 4) is 16.8 Å². The van der Waals surface area contributed by atoms with E-state index < -0.39 is 9.71 Å². The van der Waals surface area contributed by atoms with Crippen molar-refractivity contribution < 1.29 is 8.60 Å². The Balaban J connectivity index is 1.45. The molecule has 0 radical (unpaired) electrons. The number of benzene rings is 2. The fourth-order valence-electron chi connectivity index (χ4n) is 5.78. The number of hydrogen-bond acceptors (Lipinski definition) is 8. The summed E-state index contributed by atoms with van der Waals surface area (Å²) >= 11 is 0. The Hall–Kier alpha value is -4.55. The van der Waals surface area contributed by atoms with Gasteiger partial charge in [-0.3, -0.25) is 9.36 Å². The lowest BCUT2D eigenvalue weighted by Gasteiger charge is -2.33. The molecule has 2 N–H and O–H groups in total. The second kappa shape index (κ2) is 11.8. The predicted octanol–water partition coefficient (Wildman–Crippen LogP) is 4.83. The highest BCUT2D eigenvalue weighted by Gasteiger charge is 2.25. The number of fused-ring (bicyclic) bond motifs is 1. The van der Waals surface area contributed by atoms with Gasteiger partial charge >= 0.3 is 0 Å². The molecule has 0 aliphatic carbocycles. The third-order valence-corrected chi connectivity index (χ3v) is 10.6. The lowest BCUT2D eigenvalue weighted by molar-refractivity contribution is 0.478. The maximum Gasteiger partial charge on any atom is 0.264 e. The Bertz CT molecular complexity index is 2070. The number of nitrogens with one attached hydrogen (secondary N) is 2. The van der Waals surface area contributed by atoms with Gasteiger partial charge in [-0.2, -0.15) is 14.2 Å². The van der Waals surface area contributed by atoms with Gasteiger partial charge in [0.05, 0.1) is 38.0 Å².